The van der Waals surface area contributed by atoms with Crippen molar-refractivity contribution in [1.29, 1.82) is 0 Å². The van der Waals surface area contributed by atoms with Crippen molar-refractivity contribution in [2.24, 2.45) is 0 Å². The van der Waals surface area contributed by atoms with Crippen LogP contribution in [-0.4, -0.2) is 17.9 Å². The van der Waals surface area contributed by atoms with E-state index in [0.29, 0.717) is 17.8 Å². The number of anilines is 1. The molecule has 0 aliphatic rings. The van der Waals surface area contributed by atoms with E-state index in [1.807, 2.05) is 30.3 Å². The largest absolute Gasteiger partial charge is 0.399 e. The second-order valence-electron chi connectivity index (χ2n) is 4.27. The van der Waals surface area contributed by atoms with Crippen LogP contribution in [0.25, 0.3) is 0 Å². The Morgan fingerprint density at radius 2 is 1.67 bits per heavy atom. The molecule has 0 aromatic heterocycles. The summed E-state index contributed by atoms with van der Waals surface area (Å²) in [6, 6.07) is 16.9. The average molecular weight is 240 g/mol. The van der Waals surface area contributed by atoms with Crippen molar-refractivity contribution in [3.63, 3.8) is 0 Å². The fraction of sp³-hybridized carbons (Fsp3) is 0.133. The molecule has 0 fully saturated rings. The molecule has 0 radical (unpaired) electrons. The smallest absolute Gasteiger partial charge is 0.253 e. The standard InChI is InChI=1S/C15H16N2O/c1-17(11-12-5-3-2-4-6-12)15(18)13-7-9-14(16)10-8-13/h2-10H,11,16H2,1H3. The van der Waals surface area contributed by atoms with Gasteiger partial charge in [0.25, 0.3) is 5.91 Å². The van der Waals surface area contributed by atoms with E-state index in [-0.39, 0.29) is 5.91 Å². The molecule has 0 aliphatic carbocycles. The number of nitrogen functional groups attached to an aromatic ring is 1. The van der Waals surface area contributed by atoms with Crippen LogP contribution < -0.4 is 5.73 Å². The highest BCUT2D eigenvalue weighted by Gasteiger charge is 2.11. The number of rotatable bonds is 3. The van der Waals surface area contributed by atoms with Gasteiger partial charge in [-0.15, -0.1) is 0 Å². The summed E-state index contributed by atoms with van der Waals surface area (Å²) >= 11 is 0. The molecule has 3 heteroatoms. The second-order valence-corrected chi connectivity index (χ2v) is 4.27. The van der Waals surface area contributed by atoms with Crippen LogP contribution in [0.2, 0.25) is 0 Å². The molecule has 0 saturated carbocycles. The summed E-state index contributed by atoms with van der Waals surface area (Å²) in [5, 5.41) is 0. The van der Waals surface area contributed by atoms with E-state index in [1.165, 1.54) is 0 Å². The monoisotopic (exact) mass is 240 g/mol. The summed E-state index contributed by atoms with van der Waals surface area (Å²) in [7, 11) is 1.80. The highest BCUT2D eigenvalue weighted by atomic mass is 16.2. The first-order valence-corrected chi connectivity index (χ1v) is 5.82. The Kier molecular flexibility index (Phi) is 3.63. The van der Waals surface area contributed by atoms with Gasteiger partial charge in [0, 0.05) is 24.8 Å². The van der Waals surface area contributed by atoms with Gasteiger partial charge in [0.15, 0.2) is 0 Å². The van der Waals surface area contributed by atoms with Gasteiger partial charge in [0.05, 0.1) is 0 Å². The summed E-state index contributed by atoms with van der Waals surface area (Å²) < 4.78 is 0. The van der Waals surface area contributed by atoms with Gasteiger partial charge in [-0.25, -0.2) is 0 Å². The zero-order valence-corrected chi connectivity index (χ0v) is 10.3. The Balaban J connectivity index is 2.07. The van der Waals surface area contributed by atoms with E-state index < -0.39 is 0 Å². The van der Waals surface area contributed by atoms with Crippen molar-refractivity contribution in [1.82, 2.24) is 4.90 Å². The first-order chi connectivity index (χ1) is 8.66. The van der Waals surface area contributed by atoms with Crippen LogP contribution in [0.3, 0.4) is 0 Å². The van der Waals surface area contributed by atoms with Crippen LogP contribution in [0.1, 0.15) is 15.9 Å². The summed E-state index contributed by atoms with van der Waals surface area (Å²) in [5.41, 5.74) is 8.04. The van der Waals surface area contributed by atoms with Crippen molar-refractivity contribution < 1.29 is 4.79 Å². The third kappa shape index (κ3) is 2.88. The van der Waals surface area contributed by atoms with Gasteiger partial charge < -0.3 is 10.6 Å². The van der Waals surface area contributed by atoms with E-state index in [9.17, 15) is 4.79 Å². The van der Waals surface area contributed by atoms with Gasteiger partial charge in [-0.05, 0) is 29.8 Å². The number of nitrogens with zero attached hydrogens (tertiary/aromatic N) is 1. The fourth-order valence-electron chi connectivity index (χ4n) is 1.78. The maximum absolute atomic E-state index is 12.1. The van der Waals surface area contributed by atoms with Crippen molar-refractivity contribution in [2.45, 2.75) is 6.54 Å². The number of nitrogens with two attached hydrogens (primary N) is 1. The molecule has 0 bridgehead atoms. The molecule has 0 unspecified atom stereocenters. The third-order valence-electron chi connectivity index (χ3n) is 2.77. The molecule has 0 heterocycles. The Bertz CT molecular complexity index is 520. The van der Waals surface area contributed by atoms with E-state index in [2.05, 4.69) is 0 Å². The average Bonchev–Trinajstić information content (AvgIpc) is 2.40. The zero-order valence-electron chi connectivity index (χ0n) is 10.3. The molecule has 3 nitrogen and oxygen atoms in total. The van der Waals surface area contributed by atoms with E-state index in [0.717, 1.165) is 5.56 Å². The molecule has 0 atom stereocenters. The van der Waals surface area contributed by atoms with Gasteiger partial charge in [-0.1, -0.05) is 30.3 Å². The van der Waals surface area contributed by atoms with Gasteiger partial charge in [0.1, 0.15) is 0 Å². The minimum absolute atomic E-state index is 0.00106. The normalized spacial score (nSPS) is 10.1. The second kappa shape index (κ2) is 5.36. The summed E-state index contributed by atoms with van der Waals surface area (Å²) in [5.74, 6) is -0.00106. The highest BCUT2D eigenvalue weighted by molar-refractivity contribution is 5.94. The Hall–Kier alpha value is -2.29. The van der Waals surface area contributed by atoms with Crippen molar-refractivity contribution in [2.75, 3.05) is 12.8 Å². The van der Waals surface area contributed by atoms with Crippen LogP contribution in [0.5, 0.6) is 0 Å². The van der Waals surface area contributed by atoms with Gasteiger partial charge in [-0.2, -0.15) is 0 Å². The molecule has 2 N–H and O–H groups in total. The summed E-state index contributed by atoms with van der Waals surface area (Å²) in [6.07, 6.45) is 0. The minimum atomic E-state index is -0.00106. The van der Waals surface area contributed by atoms with Gasteiger partial charge in [0.2, 0.25) is 0 Å². The maximum Gasteiger partial charge on any atom is 0.253 e. The number of hydrogen-bond acceptors (Lipinski definition) is 2. The SMILES string of the molecule is CN(Cc1ccccc1)C(=O)c1ccc(N)cc1. The summed E-state index contributed by atoms with van der Waals surface area (Å²) in [4.78, 5) is 13.8. The van der Waals surface area contributed by atoms with Crippen molar-refractivity contribution in [3.05, 3.63) is 65.7 Å². The first-order valence-electron chi connectivity index (χ1n) is 5.82. The molecule has 2 rings (SSSR count). The van der Waals surface area contributed by atoms with Gasteiger partial charge >= 0.3 is 0 Å². The lowest BCUT2D eigenvalue weighted by atomic mass is 10.1. The minimum Gasteiger partial charge on any atom is -0.399 e. The number of hydrogen-bond donors (Lipinski definition) is 1. The molecule has 18 heavy (non-hydrogen) atoms. The van der Waals surface area contributed by atoms with Crippen LogP contribution in [-0.2, 0) is 6.54 Å². The lowest BCUT2D eigenvalue weighted by Gasteiger charge is -2.17. The molecular formula is C15H16N2O. The predicted octanol–water partition coefficient (Wildman–Crippen LogP) is 2.54. The Morgan fingerprint density at radius 1 is 1.06 bits per heavy atom. The zero-order chi connectivity index (χ0) is 13.0. The van der Waals surface area contributed by atoms with E-state index in [4.69, 9.17) is 5.73 Å². The number of carbonyl (C=O) groups excluding carboxylic acids is 1. The maximum atomic E-state index is 12.1. The Labute approximate surface area is 107 Å². The van der Waals surface area contributed by atoms with E-state index in [1.54, 1.807) is 36.2 Å². The molecular weight excluding hydrogens is 224 g/mol. The van der Waals surface area contributed by atoms with Gasteiger partial charge in [-0.3, -0.25) is 4.79 Å². The lowest BCUT2D eigenvalue weighted by Crippen LogP contribution is -2.26. The molecule has 0 aliphatic heterocycles. The Morgan fingerprint density at radius 3 is 2.28 bits per heavy atom. The van der Waals surface area contributed by atoms with Crippen molar-refractivity contribution in [3.8, 4) is 0 Å². The van der Waals surface area contributed by atoms with Crippen LogP contribution >= 0.6 is 0 Å². The first kappa shape index (κ1) is 12.2. The third-order valence-corrected chi connectivity index (χ3v) is 2.77. The van der Waals surface area contributed by atoms with Crippen LogP contribution in [0.15, 0.2) is 54.6 Å². The number of benzene rings is 2. The quantitative estimate of drug-likeness (QED) is 0.838. The lowest BCUT2D eigenvalue weighted by molar-refractivity contribution is 0.0785. The highest BCUT2D eigenvalue weighted by Crippen LogP contribution is 2.10. The van der Waals surface area contributed by atoms with Crippen LogP contribution in [0, 0.1) is 0 Å². The molecule has 2 aromatic carbocycles. The molecule has 2 aromatic rings. The molecule has 0 saturated heterocycles. The van der Waals surface area contributed by atoms with E-state index >= 15 is 0 Å². The summed E-state index contributed by atoms with van der Waals surface area (Å²) in [6.45, 7) is 0.601. The van der Waals surface area contributed by atoms with Crippen LogP contribution in [0.4, 0.5) is 5.69 Å². The fourth-order valence-corrected chi connectivity index (χ4v) is 1.78. The van der Waals surface area contributed by atoms with Crippen molar-refractivity contribution >= 4 is 11.6 Å². The molecule has 92 valence electrons. The topological polar surface area (TPSA) is 46.3 Å². The predicted molar refractivity (Wildman–Crippen MR) is 73.1 cm³/mol. The molecule has 0 spiro atoms. The molecule has 1 amide bonds. The number of carbonyl (C=O) groups is 1. The number of amides is 1.